The molecule has 5 rings (SSSR count). The van der Waals surface area contributed by atoms with Gasteiger partial charge in [-0.05, 0) is 49.1 Å². The van der Waals surface area contributed by atoms with Gasteiger partial charge in [-0.1, -0.05) is 46.8 Å². The number of ether oxygens (including phenoxy) is 2. The summed E-state index contributed by atoms with van der Waals surface area (Å²) in [5.74, 6) is -0.518. The summed E-state index contributed by atoms with van der Waals surface area (Å²) in [6.07, 6.45) is 3.90. The van der Waals surface area contributed by atoms with Crippen LogP contribution in [0.3, 0.4) is 0 Å². The molecule has 4 aromatic rings. The number of hydrogen-bond donors (Lipinski definition) is 2. The molecule has 10 heteroatoms. The second kappa shape index (κ2) is 11.0. The summed E-state index contributed by atoms with van der Waals surface area (Å²) in [5, 5.41) is 1.73. The molecule has 0 saturated heterocycles. The molecule has 0 aliphatic heterocycles. The van der Waals surface area contributed by atoms with E-state index in [2.05, 4.69) is 27.9 Å². The van der Waals surface area contributed by atoms with Gasteiger partial charge in [0, 0.05) is 17.0 Å². The fourth-order valence-corrected chi connectivity index (χ4v) is 5.71. The van der Waals surface area contributed by atoms with Crippen molar-refractivity contribution >= 4 is 45.5 Å². The summed E-state index contributed by atoms with van der Waals surface area (Å²) in [5.41, 5.74) is 14.1. The van der Waals surface area contributed by atoms with E-state index >= 15 is 0 Å². The average molecular weight is 559 g/mol. The summed E-state index contributed by atoms with van der Waals surface area (Å²) in [4.78, 5) is 39.1. The quantitative estimate of drug-likeness (QED) is 0.289. The number of pyridine rings is 1. The van der Waals surface area contributed by atoms with E-state index in [1.165, 1.54) is 6.33 Å². The van der Waals surface area contributed by atoms with E-state index in [9.17, 15) is 9.59 Å². The Kier molecular flexibility index (Phi) is 7.59. The van der Waals surface area contributed by atoms with Gasteiger partial charge in [0.2, 0.25) is 0 Å². The Hall–Kier alpha value is -4.21. The molecule has 0 radical (unpaired) electrons. The Labute approximate surface area is 239 Å². The molecule has 216 valence electrons. The first-order valence-electron chi connectivity index (χ1n) is 14.1. The Morgan fingerprint density at radius 1 is 1.02 bits per heavy atom. The van der Waals surface area contributed by atoms with Crippen LogP contribution in [0.25, 0.3) is 21.9 Å². The van der Waals surface area contributed by atoms with Crippen LogP contribution in [0.5, 0.6) is 0 Å². The third-order valence-electron chi connectivity index (χ3n) is 8.14. The zero-order valence-electron chi connectivity index (χ0n) is 24.2. The highest BCUT2D eigenvalue weighted by Crippen LogP contribution is 2.51. The first-order valence-corrected chi connectivity index (χ1v) is 14.1. The molecule has 41 heavy (non-hydrogen) atoms. The van der Waals surface area contributed by atoms with Crippen molar-refractivity contribution in [2.75, 3.05) is 11.5 Å². The van der Waals surface area contributed by atoms with Crippen molar-refractivity contribution in [1.29, 1.82) is 0 Å². The Morgan fingerprint density at radius 2 is 1.73 bits per heavy atom. The Bertz CT molecular complexity index is 1600. The predicted molar refractivity (Wildman–Crippen MR) is 158 cm³/mol. The largest absolute Gasteiger partial charge is 0.458 e. The van der Waals surface area contributed by atoms with Crippen LogP contribution >= 0.6 is 0 Å². The molecule has 10 nitrogen and oxygen atoms in total. The van der Waals surface area contributed by atoms with Crippen LogP contribution in [0.1, 0.15) is 59.1 Å². The number of nitrogens with two attached hydrogens (primary N) is 2. The highest BCUT2D eigenvalue weighted by Gasteiger charge is 2.56. The van der Waals surface area contributed by atoms with Crippen LogP contribution in [0.4, 0.5) is 11.6 Å². The number of anilines is 2. The lowest BCUT2D eigenvalue weighted by Gasteiger charge is -2.34. The Morgan fingerprint density at radius 3 is 2.46 bits per heavy atom. The minimum atomic E-state index is -0.720. The maximum Gasteiger partial charge on any atom is 0.308 e. The van der Waals surface area contributed by atoms with E-state index in [0.717, 1.165) is 16.5 Å². The molecule has 1 fully saturated rings. The monoisotopic (exact) mass is 558 g/mol. The van der Waals surface area contributed by atoms with Crippen molar-refractivity contribution in [2.45, 2.75) is 72.1 Å². The average Bonchev–Trinajstić information content (AvgIpc) is 3.47. The second-order valence-corrected chi connectivity index (χ2v) is 12.0. The van der Waals surface area contributed by atoms with Crippen molar-refractivity contribution in [3.8, 4) is 0 Å². The summed E-state index contributed by atoms with van der Waals surface area (Å²) in [6, 6.07) is 11.4. The van der Waals surface area contributed by atoms with Crippen LogP contribution in [0.2, 0.25) is 0 Å². The van der Waals surface area contributed by atoms with Crippen LogP contribution in [0, 0.1) is 17.3 Å². The number of benzene rings is 1. The number of esters is 2. The Balaban J connectivity index is 1.54. The highest BCUT2D eigenvalue weighted by molar-refractivity contribution is 5.86. The van der Waals surface area contributed by atoms with Gasteiger partial charge in [-0.15, -0.1) is 0 Å². The van der Waals surface area contributed by atoms with Gasteiger partial charge in [0.15, 0.2) is 6.10 Å². The van der Waals surface area contributed by atoms with Gasteiger partial charge >= 0.3 is 11.9 Å². The van der Waals surface area contributed by atoms with Crippen molar-refractivity contribution in [3.05, 3.63) is 54.5 Å². The summed E-state index contributed by atoms with van der Waals surface area (Å²) >= 11 is 0. The third-order valence-corrected chi connectivity index (χ3v) is 8.14. The molecular formula is C31H38N6O4. The molecule has 0 spiro atoms. The third kappa shape index (κ3) is 5.55. The van der Waals surface area contributed by atoms with E-state index in [0.29, 0.717) is 41.9 Å². The zero-order chi connectivity index (χ0) is 29.5. The highest BCUT2D eigenvalue weighted by atomic mass is 16.6. The molecule has 1 aliphatic carbocycles. The van der Waals surface area contributed by atoms with E-state index < -0.39 is 17.6 Å². The minimum Gasteiger partial charge on any atom is -0.458 e. The molecule has 0 unspecified atom stereocenters. The van der Waals surface area contributed by atoms with E-state index in [4.69, 9.17) is 20.9 Å². The zero-order valence-corrected chi connectivity index (χ0v) is 24.2. The smallest absolute Gasteiger partial charge is 0.308 e. The maximum atomic E-state index is 13.0. The number of fused-ring (bicyclic) bond motifs is 2. The van der Waals surface area contributed by atoms with E-state index in [-0.39, 0.29) is 29.8 Å². The second-order valence-electron chi connectivity index (χ2n) is 12.0. The van der Waals surface area contributed by atoms with E-state index in [1.54, 1.807) is 33.8 Å². The first kappa shape index (κ1) is 28.3. The van der Waals surface area contributed by atoms with Gasteiger partial charge in [0.1, 0.15) is 29.7 Å². The molecule has 3 heterocycles. The molecular weight excluding hydrogens is 520 g/mol. The van der Waals surface area contributed by atoms with Gasteiger partial charge in [-0.3, -0.25) is 9.59 Å². The lowest BCUT2D eigenvalue weighted by molar-refractivity contribution is -0.177. The van der Waals surface area contributed by atoms with Crippen molar-refractivity contribution in [1.82, 2.24) is 19.5 Å². The van der Waals surface area contributed by atoms with Crippen LogP contribution in [-0.2, 0) is 25.5 Å². The summed E-state index contributed by atoms with van der Waals surface area (Å²) in [6.45, 7) is 9.29. The lowest BCUT2D eigenvalue weighted by atomic mass is 9.80. The lowest BCUT2D eigenvalue weighted by Crippen LogP contribution is -2.43. The number of nitrogens with zero attached hydrogens (tertiary/aromatic N) is 4. The maximum absolute atomic E-state index is 13.0. The molecule has 4 atom stereocenters. The predicted octanol–water partition coefficient (Wildman–Crippen LogP) is 4.86. The van der Waals surface area contributed by atoms with Crippen molar-refractivity contribution < 1.29 is 19.1 Å². The topological polar surface area (TPSA) is 148 Å². The summed E-state index contributed by atoms with van der Waals surface area (Å²) < 4.78 is 14.4. The van der Waals surface area contributed by atoms with Crippen molar-refractivity contribution in [3.63, 3.8) is 0 Å². The van der Waals surface area contributed by atoms with Gasteiger partial charge < -0.3 is 25.5 Å². The molecule has 1 saturated carbocycles. The van der Waals surface area contributed by atoms with Gasteiger partial charge in [0.25, 0.3) is 0 Å². The standard InChI is InChI=1S/C31H38N6O4/c1-17(2)29(38)40-25-23(37-13-11-21-27(33)34-16-35-28(21)37)15-31(5,26(25)41-30(39)18(3)4)12-10-19-6-7-20-8-9-24(32)36-22(20)14-19/h6-9,11,13-14,16-18,23,25-26H,10,12,15H2,1-5H3,(H2,32,36)(H2,33,34,35)/t23-,25+,26+,31+/m1/s1. The van der Waals surface area contributed by atoms with Gasteiger partial charge in [-0.25, -0.2) is 15.0 Å². The molecule has 3 aromatic heterocycles. The van der Waals surface area contributed by atoms with Crippen molar-refractivity contribution in [2.24, 2.45) is 17.3 Å². The fourth-order valence-electron chi connectivity index (χ4n) is 5.71. The van der Waals surface area contributed by atoms with Crippen LogP contribution in [0.15, 0.2) is 48.9 Å². The number of carbonyl (C=O) groups is 2. The number of aryl methyl sites for hydroxylation is 1. The van der Waals surface area contributed by atoms with Crippen LogP contribution in [-0.4, -0.2) is 43.7 Å². The van der Waals surface area contributed by atoms with Gasteiger partial charge in [0.05, 0.1) is 28.8 Å². The summed E-state index contributed by atoms with van der Waals surface area (Å²) in [7, 11) is 0. The molecule has 0 amide bonds. The van der Waals surface area contributed by atoms with E-state index in [1.807, 2.05) is 35.0 Å². The molecule has 4 N–H and O–H groups in total. The van der Waals surface area contributed by atoms with Gasteiger partial charge in [-0.2, -0.15) is 0 Å². The SMILES string of the molecule is CC(C)C(=O)O[C@H]1[C@H](n2ccc3c(N)ncnc32)C[C@](C)(CCc2ccc3ccc(N)nc3c2)[C@H]1OC(=O)C(C)C. The normalized spacial score (nSPS) is 22.6. The number of carbonyl (C=O) groups excluding carboxylic acids is 2. The first-order chi connectivity index (χ1) is 19.5. The molecule has 1 aliphatic rings. The number of hydrogen-bond acceptors (Lipinski definition) is 9. The fraction of sp³-hybridized carbons (Fsp3) is 0.452. The molecule has 1 aromatic carbocycles. The minimum absolute atomic E-state index is 0.332. The molecule has 0 bridgehead atoms. The number of aromatic nitrogens is 4. The number of nitrogen functional groups attached to an aromatic ring is 2. The van der Waals surface area contributed by atoms with Crippen LogP contribution < -0.4 is 11.5 Å². The number of rotatable bonds is 8.